The zero-order valence-corrected chi connectivity index (χ0v) is 64.0. The molecule has 0 saturated carbocycles. The van der Waals surface area contributed by atoms with Crippen LogP contribution in [0.15, 0.2) is 425 Å². The summed E-state index contributed by atoms with van der Waals surface area (Å²) in [6, 6.07) is 153. The SMILES string of the molecule is c1ccc(-c2ccc(-c3cc(-c4ccc(-c5cccc(-c6ccc7c(c6)C6(c8cc(-c9ccc(-c%10nc(-c%11ccccc%11)cc(-c%11cccc(-c%12ccccc%12)c%11)n%10)cc9)ccc8O7)c7ccccc7-c7ccccc76)c5)cc4)nc(-c4ccc(-c5ccc6c(c5)C5(c7ccccc7O6)c6ccccc6-c6ccccc65)cc4)n3)cc2)cc1. The van der Waals surface area contributed by atoms with Crippen LogP contribution in [0.2, 0.25) is 0 Å². The summed E-state index contributed by atoms with van der Waals surface area (Å²) in [6.07, 6.45) is 0. The van der Waals surface area contributed by atoms with Gasteiger partial charge in [0.15, 0.2) is 11.6 Å². The minimum Gasteiger partial charge on any atom is -0.457 e. The van der Waals surface area contributed by atoms with Crippen molar-refractivity contribution in [2.45, 2.75) is 10.8 Å². The number of nitrogens with zero attached hydrogens (tertiary/aromatic N) is 4. The van der Waals surface area contributed by atoms with Crippen molar-refractivity contribution in [3.63, 3.8) is 0 Å². The summed E-state index contributed by atoms with van der Waals surface area (Å²) in [5.74, 6) is 4.69. The molecule has 0 N–H and O–H groups in total. The Bertz CT molecular complexity index is 7110. The summed E-state index contributed by atoms with van der Waals surface area (Å²) in [4.78, 5) is 21.3. The van der Waals surface area contributed by atoms with Gasteiger partial charge in [0.2, 0.25) is 0 Å². The van der Waals surface area contributed by atoms with E-state index in [2.05, 4.69) is 419 Å². The first-order valence-electron chi connectivity index (χ1n) is 40.3. The van der Waals surface area contributed by atoms with Crippen molar-refractivity contribution < 1.29 is 9.47 Å². The lowest BCUT2D eigenvalue weighted by Gasteiger charge is -2.40. The number of aromatic nitrogens is 4. The molecule has 4 aliphatic rings. The van der Waals surface area contributed by atoms with Crippen molar-refractivity contribution in [2.75, 3.05) is 0 Å². The third-order valence-corrected chi connectivity index (χ3v) is 24.5. The molecule has 23 rings (SSSR count). The van der Waals surface area contributed by atoms with Crippen LogP contribution in [0.5, 0.6) is 23.0 Å². The molecule has 0 bridgehead atoms. The van der Waals surface area contributed by atoms with Gasteiger partial charge in [0.1, 0.15) is 23.0 Å². The second kappa shape index (κ2) is 27.7. The van der Waals surface area contributed by atoms with E-state index in [4.69, 9.17) is 29.4 Å². The van der Waals surface area contributed by atoms with Gasteiger partial charge in [-0.05, 0) is 178 Å². The summed E-state index contributed by atoms with van der Waals surface area (Å²) in [5.41, 5.74) is 35.6. The fourth-order valence-electron chi connectivity index (χ4n) is 18.9. The fourth-order valence-corrected chi connectivity index (χ4v) is 18.9. The molecule has 17 aromatic carbocycles. The third kappa shape index (κ3) is 11.2. The Morgan fingerprint density at radius 3 is 0.780 bits per heavy atom. The van der Waals surface area contributed by atoms with Crippen LogP contribution >= 0.6 is 0 Å². The maximum absolute atomic E-state index is 7.15. The summed E-state index contributed by atoms with van der Waals surface area (Å²) in [6.45, 7) is 0. The highest BCUT2D eigenvalue weighted by molar-refractivity contribution is 5.93. The van der Waals surface area contributed by atoms with Crippen LogP contribution in [0.25, 0.3) is 157 Å². The molecular weight excluding hydrogens is 1430 g/mol. The molecule has 2 aliphatic heterocycles. The average molecular weight is 1500 g/mol. The Morgan fingerprint density at radius 2 is 0.373 bits per heavy atom. The van der Waals surface area contributed by atoms with Gasteiger partial charge in [0, 0.05) is 55.6 Å². The number of ether oxygens (including phenoxy) is 2. The molecule has 2 aromatic heterocycles. The van der Waals surface area contributed by atoms with Gasteiger partial charge < -0.3 is 9.47 Å². The van der Waals surface area contributed by atoms with Gasteiger partial charge in [0.05, 0.1) is 33.6 Å². The zero-order chi connectivity index (χ0) is 77.8. The summed E-state index contributed by atoms with van der Waals surface area (Å²) in [7, 11) is 0. The lowest BCUT2D eigenvalue weighted by molar-refractivity contribution is 0.436. The Hall–Kier alpha value is -15.5. The molecule has 118 heavy (non-hydrogen) atoms. The van der Waals surface area contributed by atoms with Crippen LogP contribution < -0.4 is 9.47 Å². The lowest BCUT2D eigenvalue weighted by atomic mass is 9.65. The van der Waals surface area contributed by atoms with Gasteiger partial charge in [0.25, 0.3) is 0 Å². The first-order chi connectivity index (χ1) is 58.4. The van der Waals surface area contributed by atoms with E-state index in [0.29, 0.717) is 11.6 Å². The number of benzene rings is 17. The summed E-state index contributed by atoms with van der Waals surface area (Å²) >= 11 is 0. The van der Waals surface area contributed by atoms with Gasteiger partial charge in [-0.1, -0.05) is 358 Å². The van der Waals surface area contributed by atoms with Crippen LogP contribution in [0.3, 0.4) is 0 Å². The van der Waals surface area contributed by atoms with Crippen molar-refractivity contribution in [1.82, 2.24) is 19.9 Å². The van der Waals surface area contributed by atoms with E-state index in [1.54, 1.807) is 0 Å². The molecular formula is C112H70N4O2. The standard InChI is InChI=1S/C112H70N4O2/c1-4-22-71(23-5-1)73-42-50-78(51-43-73)102-69-103(115-109(114-102)80-54-46-75(47-55-80)85-58-61-106-98(66-85)111(97-40-18-19-41-105(97)117-106)93-36-14-10-32-89(93)90-33-11-15-37-94(90)111)79-52-44-74(45-53-79)82-28-20-30-84(64-82)87-60-63-108-100(68-87)112(95-38-16-12-34-91(95)92-35-13-17-39-96(92)112)99-67-86(59-62-107(99)118-108)76-48-56-81(57-49-76)110-113-101(77-26-8-3-9-27-77)70-104(116-110)88-31-21-29-83(65-88)72-24-6-2-7-25-72/h1-70H. The first-order valence-corrected chi connectivity index (χ1v) is 40.3. The number of hydrogen-bond acceptors (Lipinski definition) is 6. The molecule has 6 nitrogen and oxygen atoms in total. The van der Waals surface area contributed by atoms with E-state index >= 15 is 0 Å². The van der Waals surface area contributed by atoms with Crippen LogP contribution in [0.4, 0.5) is 0 Å². The predicted molar refractivity (Wildman–Crippen MR) is 478 cm³/mol. The Morgan fingerprint density at radius 1 is 0.144 bits per heavy atom. The second-order valence-corrected chi connectivity index (χ2v) is 31.0. The quantitative estimate of drug-likeness (QED) is 0.121. The van der Waals surface area contributed by atoms with E-state index in [9.17, 15) is 0 Å². The molecule has 0 amide bonds. The largest absolute Gasteiger partial charge is 0.457 e. The van der Waals surface area contributed by atoms with E-state index < -0.39 is 10.8 Å². The zero-order valence-electron chi connectivity index (χ0n) is 64.0. The van der Waals surface area contributed by atoms with Crippen molar-refractivity contribution in [1.29, 1.82) is 0 Å². The molecule has 19 aromatic rings. The van der Waals surface area contributed by atoms with Crippen LogP contribution in [-0.4, -0.2) is 19.9 Å². The van der Waals surface area contributed by atoms with Crippen LogP contribution in [-0.2, 0) is 10.8 Å². The molecule has 0 fully saturated rings. The van der Waals surface area contributed by atoms with Crippen LogP contribution in [0.1, 0.15) is 44.5 Å². The molecule has 0 saturated heterocycles. The Balaban J connectivity index is 0.575. The number of para-hydroxylation sites is 1. The smallest absolute Gasteiger partial charge is 0.160 e. The van der Waals surface area contributed by atoms with Crippen molar-refractivity contribution in [3.05, 3.63) is 469 Å². The first kappa shape index (κ1) is 68.1. The molecule has 4 heterocycles. The van der Waals surface area contributed by atoms with Crippen molar-refractivity contribution in [3.8, 4) is 180 Å². The van der Waals surface area contributed by atoms with E-state index in [1.807, 2.05) is 6.07 Å². The highest BCUT2D eigenvalue weighted by Gasteiger charge is 2.53. The molecule has 0 atom stereocenters. The number of hydrogen-bond donors (Lipinski definition) is 0. The average Bonchev–Trinajstić information content (AvgIpc) is 1.50. The highest BCUT2D eigenvalue weighted by atomic mass is 16.5. The van der Waals surface area contributed by atoms with Gasteiger partial charge in [-0.25, -0.2) is 19.9 Å². The maximum Gasteiger partial charge on any atom is 0.160 e. The van der Waals surface area contributed by atoms with Gasteiger partial charge >= 0.3 is 0 Å². The molecule has 0 unspecified atom stereocenters. The molecule has 6 heteroatoms. The molecule has 2 spiro atoms. The molecule has 2 aliphatic carbocycles. The second-order valence-electron chi connectivity index (χ2n) is 31.0. The van der Waals surface area contributed by atoms with Gasteiger partial charge in [-0.15, -0.1) is 0 Å². The van der Waals surface area contributed by atoms with E-state index in [1.165, 1.54) is 44.5 Å². The van der Waals surface area contributed by atoms with Crippen molar-refractivity contribution in [2.24, 2.45) is 0 Å². The Kier molecular flexibility index (Phi) is 16.0. The van der Waals surface area contributed by atoms with E-state index in [0.717, 1.165) is 168 Å². The summed E-state index contributed by atoms with van der Waals surface area (Å²) in [5, 5.41) is 0. The highest BCUT2D eigenvalue weighted by Crippen LogP contribution is 2.65. The van der Waals surface area contributed by atoms with Gasteiger partial charge in [-0.3, -0.25) is 0 Å². The topological polar surface area (TPSA) is 70.0 Å². The predicted octanol–water partition coefficient (Wildman–Crippen LogP) is 28.2. The third-order valence-electron chi connectivity index (χ3n) is 24.5. The Labute approximate surface area is 684 Å². The van der Waals surface area contributed by atoms with Crippen LogP contribution in [0, 0.1) is 0 Å². The maximum atomic E-state index is 7.15. The number of fused-ring (bicyclic) bond motifs is 18. The summed E-state index contributed by atoms with van der Waals surface area (Å²) < 4.78 is 14.0. The molecule has 550 valence electrons. The van der Waals surface area contributed by atoms with E-state index in [-0.39, 0.29) is 0 Å². The normalized spacial score (nSPS) is 13.0. The monoisotopic (exact) mass is 1500 g/mol. The minimum atomic E-state index is -0.723. The van der Waals surface area contributed by atoms with Gasteiger partial charge in [-0.2, -0.15) is 0 Å². The number of rotatable bonds is 12. The lowest BCUT2D eigenvalue weighted by Crippen LogP contribution is -2.32. The van der Waals surface area contributed by atoms with Crippen molar-refractivity contribution >= 4 is 0 Å². The fraction of sp³-hybridized carbons (Fsp3) is 0.0179. The minimum absolute atomic E-state index is 0.568. The molecule has 0 radical (unpaired) electrons.